The molecule has 110 valence electrons. The van der Waals surface area contributed by atoms with Crippen LogP contribution in [0.1, 0.15) is 28.5 Å². The van der Waals surface area contributed by atoms with Gasteiger partial charge in [0.1, 0.15) is 12.3 Å². The second-order valence-corrected chi connectivity index (χ2v) is 4.76. The van der Waals surface area contributed by atoms with Gasteiger partial charge in [-0.3, -0.25) is 4.79 Å². The van der Waals surface area contributed by atoms with Crippen molar-refractivity contribution in [2.45, 2.75) is 20.0 Å². The highest BCUT2D eigenvalue weighted by Gasteiger charge is 2.11. The van der Waals surface area contributed by atoms with Gasteiger partial charge in [0, 0.05) is 13.1 Å². The van der Waals surface area contributed by atoms with Crippen molar-refractivity contribution in [2.75, 3.05) is 0 Å². The Morgan fingerprint density at radius 3 is 2.43 bits per heavy atom. The van der Waals surface area contributed by atoms with Gasteiger partial charge in [-0.25, -0.2) is 4.79 Å². The molecule has 21 heavy (non-hydrogen) atoms. The normalized spacial score (nSPS) is 10.4. The standard InChI is InChI=1S/C16H17NO4/c1-3-11-4-6-12(7-5-11)10-21-15-9-17(2)13(16(19)20)8-14(15)18/h4-9H,3,10H2,1-2H3,(H,19,20). The predicted molar refractivity (Wildman–Crippen MR) is 78.8 cm³/mol. The minimum atomic E-state index is -1.14. The van der Waals surface area contributed by atoms with Gasteiger partial charge in [-0.15, -0.1) is 0 Å². The SMILES string of the molecule is CCc1ccc(COc2cn(C)c(C(=O)O)cc2=O)cc1. The smallest absolute Gasteiger partial charge is 0.352 e. The van der Waals surface area contributed by atoms with Crippen molar-refractivity contribution in [3.63, 3.8) is 0 Å². The molecule has 0 aliphatic rings. The zero-order valence-corrected chi connectivity index (χ0v) is 12.0. The molecule has 0 amide bonds. The average Bonchev–Trinajstić information content (AvgIpc) is 2.48. The first-order valence-electron chi connectivity index (χ1n) is 6.66. The number of pyridine rings is 1. The van der Waals surface area contributed by atoms with E-state index >= 15 is 0 Å². The van der Waals surface area contributed by atoms with Crippen LogP contribution in [0.15, 0.2) is 41.3 Å². The number of carboxylic acid groups (broad SMARTS) is 1. The summed E-state index contributed by atoms with van der Waals surface area (Å²) >= 11 is 0. The fourth-order valence-electron chi connectivity index (χ4n) is 1.96. The number of aromatic carboxylic acids is 1. The number of carbonyl (C=O) groups is 1. The van der Waals surface area contributed by atoms with Crippen LogP contribution in [0.5, 0.6) is 5.75 Å². The zero-order chi connectivity index (χ0) is 15.4. The third-order valence-electron chi connectivity index (χ3n) is 3.25. The third-order valence-corrected chi connectivity index (χ3v) is 3.25. The van der Waals surface area contributed by atoms with E-state index in [1.165, 1.54) is 16.3 Å². The van der Waals surface area contributed by atoms with Crippen molar-refractivity contribution in [2.24, 2.45) is 7.05 Å². The van der Waals surface area contributed by atoms with Gasteiger partial charge in [-0.1, -0.05) is 31.2 Å². The maximum atomic E-state index is 11.8. The predicted octanol–water partition coefficient (Wildman–Crippen LogP) is 2.22. The molecular formula is C16H17NO4. The summed E-state index contributed by atoms with van der Waals surface area (Å²) in [6, 6.07) is 9.01. The summed E-state index contributed by atoms with van der Waals surface area (Å²) in [4.78, 5) is 22.7. The van der Waals surface area contributed by atoms with Crippen LogP contribution in [0.2, 0.25) is 0 Å². The number of carboxylic acids is 1. The summed E-state index contributed by atoms with van der Waals surface area (Å²) in [6.07, 6.45) is 2.37. The molecule has 0 saturated carbocycles. The molecule has 0 atom stereocenters. The van der Waals surface area contributed by atoms with E-state index in [0.717, 1.165) is 18.1 Å². The quantitative estimate of drug-likeness (QED) is 0.915. The van der Waals surface area contributed by atoms with Gasteiger partial charge >= 0.3 is 5.97 Å². The molecule has 1 aromatic carbocycles. The first-order chi connectivity index (χ1) is 10.0. The highest BCUT2D eigenvalue weighted by Crippen LogP contribution is 2.10. The van der Waals surface area contributed by atoms with E-state index in [9.17, 15) is 9.59 Å². The van der Waals surface area contributed by atoms with Gasteiger partial charge < -0.3 is 14.4 Å². The lowest BCUT2D eigenvalue weighted by Crippen LogP contribution is -2.16. The largest absolute Gasteiger partial charge is 0.483 e. The second kappa shape index (κ2) is 6.26. The number of benzene rings is 1. The monoisotopic (exact) mass is 287 g/mol. The molecule has 1 aromatic heterocycles. The van der Waals surface area contributed by atoms with Crippen LogP contribution >= 0.6 is 0 Å². The Morgan fingerprint density at radius 2 is 1.86 bits per heavy atom. The molecule has 5 heteroatoms. The molecule has 2 aromatic rings. The van der Waals surface area contributed by atoms with E-state index in [-0.39, 0.29) is 18.1 Å². The van der Waals surface area contributed by atoms with E-state index in [2.05, 4.69) is 6.92 Å². The highest BCUT2D eigenvalue weighted by atomic mass is 16.5. The Morgan fingerprint density at radius 1 is 1.24 bits per heavy atom. The summed E-state index contributed by atoms with van der Waals surface area (Å²) in [5.74, 6) is -1.00. The van der Waals surface area contributed by atoms with Gasteiger partial charge in [0.05, 0.1) is 6.20 Å². The summed E-state index contributed by atoms with van der Waals surface area (Å²) in [6.45, 7) is 2.35. The number of hydrogen-bond acceptors (Lipinski definition) is 3. The van der Waals surface area contributed by atoms with Crippen LogP contribution in [-0.2, 0) is 20.1 Å². The minimum absolute atomic E-state index is 0.0698. The molecule has 2 rings (SSSR count). The van der Waals surface area contributed by atoms with Crippen LogP contribution < -0.4 is 10.2 Å². The van der Waals surface area contributed by atoms with Crippen molar-refractivity contribution in [1.82, 2.24) is 4.57 Å². The highest BCUT2D eigenvalue weighted by molar-refractivity contribution is 5.85. The topological polar surface area (TPSA) is 68.5 Å². The summed E-state index contributed by atoms with van der Waals surface area (Å²) < 4.78 is 6.85. The Labute approximate surface area is 122 Å². The maximum absolute atomic E-state index is 11.8. The van der Waals surface area contributed by atoms with E-state index in [0.29, 0.717) is 0 Å². The lowest BCUT2D eigenvalue weighted by molar-refractivity contribution is 0.0685. The number of nitrogens with zero attached hydrogens (tertiary/aromatic N) is 1. The van der Waals surface area contributed by atoms with Crippen molar-refractivity contribution in [1.29, 1.82) is 0 Å². The van der Waals surface area contributed by atoms with Gasteiger partial charge in [0.15, 0.2) is 5.75 Å². The van der Waals surface area contributed by atoms with Crippen LogP contribution in [0.25, 0.3) is 0 Å². The van der Waals surface area contributed by atoms with Gasteiger partial charge in [-0.2, -0.15) is 0 Å². The van der Waals surface area contributed by atoms with Gasteiger partial charge in [0.25, 0.3) is 0 Å². The third kappa shape index (κ3) is 3.51. The van der Waals surface area contributed by atoms with Crippen molar-refractivity contribution in [3.8, 4) is 5.75 Å². The first kappa shape index (κ1) is 14.8. The Kier molecular flexibility index (Phi) is 4.42. The molecule has 0 radical (unpaired) electrons. The average molecular weight is 287 g/mol. The van der Waals surface area contributed by atoms with Gasteiger partial charge in [-0.05, 0) is 17.5 Å². The van der Waals surface area contributed by atoms with E-state index < -0.39 is 11.4 Å². The molecule has 0 saturated heterocycles. The Bertz CT molecular complexity index is 701. The van der Waals surface area contributed by atoms with Crippen LogP contribution in [0.4, 0.5) is 0 Å². The molecule has 0 fully saturated rings. The molecule has 5 nitrogen and oxygen atoms in total. The molecule has 1 N–H and O–H groups in total. The zero-order valence-electron chi connectivity index (χ0n) is 12.0. The molecule has 0 unspecified atom stereocenters. The molecule has 0 bridgehead atoms. The fraction of sp³-hybridized carbons (Fsp3) is 0.250. The van der Waals surface area contributed by atoms with Gasteiger partial charge in [0.2, 0.25) is 5.43 Å². The summed E-state index contributed by atoms with van der Waals surface area (Å²) in [7, 11) is 1.56. The van der Waals surface area contributed by atoms with Crippen LogP contribution in [-0.4, -0.2) is 15.6 Å². The molecule has 0 spiro atoms. The Balaban J connectivity index is 2.14. The molecule has 1 heterocycles. The molecule has 0 aliphatic heterocycles. The van der Waals surface area contributed by atoms with E-state index in [1.807, 2.05) is 24.3 Å². The van der Waals surface area contributed by atoms with Crippen LogP contribution in [0, 0.1) is 0 Å². The lowest BCUT2D eigenvalue weighted by atomic mass is 10.1. The summed E-state index contributed by atoms with van der Waals surface area (Å²) in [5, 5.41) is 8.94. The molecule has 0 aliphatic carbocycles. The maximum Gasteiger partial charge on any atom is 0.352 e. The van der Waals surface area contributed by atoms with Crippen LogP contribution in [0.3, 0.4) is 0 Å². The number of aryl methyl sites for hydroxylation is 2. The number of hydrogen-bond donors (Lipinski definition) is 1. The number of rotatable bonds is 5. The second-order valence-electron chi connectivity index (χ2n) is 4.76. The van der Waals surface area contributed by atoms with Crippen molar-refractivity contribution in [3.05, 3.63) is 63.6 Å². The molecular weight excluding hydrogens is 270 g/mol. The number of aromatic nitrogens is 1. The lowest BCUT2D eigenvalue weighted by Gasteiger charge is -2.09. The van der Waals surface area contributed by atoms with E-state index in [4.69, 9.17) is 9.84 Å². The summed E-state index contributed by atoms with van der Waals surface area (Å²) in [5.41, 5.74) is 1.69. The van der Waals surface area contributed by atoms with Crippen molar-refractivity contribution < 1.29 is 14.6 Å². The number of ether oxygens (including phenoxy) is 1. The minimum Gasteiger partial charge on any atom is -0.483 e. The Hall–Kier alpha value is -2.56. The first-order valence-corrected chi connectivity index (χ1v) is 6.66. The van der Waals surface area contributed by atoms with Crippen molar-refractivity contribution >= 4 is 5.97 Å². The fourth-order valence-corrected chi connectivity index (χ4v) is 1.96. The van der Waals surface area contributed by atoms with E-state index in [1.54, 1.807) is 7.05 Å².